The number of benzene rings is 3. The van der Waals surface area contributed by atoms with Crippen molar-refractivity contribution in [3.8, 4) is 22.4 Å². The molecule has 0 aliphatic rings. The largest absolute Gasteiger partial charge is 0.248 e. The molecular formula is C21H15ClFN. The molecule has 0 saturated carbocycles. The Morgan fingerprint density at radius 1 is 0.667 bits per heavy atom. The zero-order valence-electron chi connectivity index (χ0n) is 12.8. The van der Waals surface area contributed by atoms with Crippen LogP contribution in [0, 0.1) is 5.82 Å². The molecule has 0 radical (unpaired) electrons. The second kappa shape index (κ2) is 6.81. The molecule has 3 heteroatoms. The lowest BCUT2D eigenvalue weighted by molar-refractivity contribution is 0.631. The molecule has 0 spiro atoms. The Kier molecular flexibility index (Phi) is 4.59. The second-order valence-electron chi connectivity index (χ2n) is 5.42. The number of hydrogen-bond donors (Lipinski definition) is 0. The van der Waals surface area contributed by atoms with Crippen LogP contribution in [0.3, 0.4) is 0 Å². The molecule has 3 aromatic carbocycles. The van der Waals surface area contributed by atoms with Crippen molar-refractivity contribution in [2.24, 2.45) is 0 Å². The minimum Gasteiger partial charge on any atom is -0.248 e. The Labute approximate surface area is 146 Å². The molecule has 1 heterocycles. The normalized spacial score (nSPS) is 10.4. The van der Waals surface area contributed by atoms with Crippen molar-refractivity contribution in [1.82, 2.24) is 4.98 Å². The maximum atomic E-state index is 14.2. The first-order valence-corrected chi connectivity index (χ1v) is 7.53. The number of para-hydroxylation sites is 1. The fourth-order valence-electron chi connectivity index (χ4n) is 2.84. The van der Waals surface area contributed by atoms with E-state index < -0.39 is 0 Å². The summed E-state index contributed by atoms with van der Waals surface area (Å²) in [5.41, 5.74) is 4.21. The molecule has 0 aliphatic carbocycles. The summed E-state index contributed by atoms with van der Waals surface area (Å²) < 4.78 is 14.2. The van der Waals surface area contributed by atoms with Gasteiger partial charge in [0.25, 0.3) is 0 Å². The lowest BCUT2D eigenvalue weighted by Crippen LogP contribution is -1.91. The maximum absolute atomic E-state index is 14.2. The molecule has 24 heavy (non-hydrogen) atoms. The van der Waals surface area contributed by atoms with E-state index in [2.05, 4.69) is 23.2 Å². The number of pyridine rings is 1. The summed E-state index contributed by atoms with van der Waals surface area (Å²) in [6, 6.07) is 26.8. The Balaban J connectivity index is 0.00000169. The Morgan fingerprint density at radius 3 is 2.12 bits per heavy atom. The first-order chi connectivity index (χ1) is 11.3. The first-order valence-electron chi connectivity index (χ1n) is 7.53. The summed E-state index contributed by atoms with van der Waals surface area (Å²) in [6.45, 7) is 0. The van der Waals surface area contributed by atoms with Crippen molar-refractivity contribution in [3.05, 3.63) is 90.7 Å². The molecule has 0 unspecified atom stereocenters. The van der Waals surface area contributed by atoms with E-state index in [0.717, 1.165) is 22.0 Å². The van der Waals surface area contributed by atoms with Crippen LogP contribution in [0.1, 0.15) is 0 Å². The molecule has 0 amide bonds. The van der Waals surface area contributed by atoms with Crippen molar-refractivity contribution >= 4 is 23.3 Å². The van der Waals surface area contributed by atoms with E-state index in [4.69, 9.17) is 0 Å². The van der Waals surface area contributed by atoms with E-state index in [9.17, 15) is 4.39 Å². The average molecular weight is 336 g/mol. The highest BCUT2D eigenvalue weighted by Crippen LogP contribution is 2.32. The zero-order valence-corrected chi connectivity index (χ0v) is 13.6. The molecule has 1 nitrogen and oxygen atoms in total. The number of nitrogens with zero attached hydrogens (tertiary/aromatic N) is 1. The van der Waals surface area contributed by atoms with Crippen LogP contribution in [0.25, 0.3) is 33.3 Å². The van der Waals surface area contributed by atoms with Crippen molar-refractivity contribution in [1.29, 1.82) is 0 Å². The Hall–Kier alpha value is -2.71. The van der Waals surface area contributed by atoms with E-state index in [0.29, 0.717) is 11.3 Å². The molecular weight excluding hydrogens is 321 g/mol. The van der Waals surface area contributed by atoms with Gasteiger partial charge in [-0.05, 0) is 35.4 Å². The summed E-state index contributed by atoms with van der Waals surface area (Å²) in [7, 11) is 0. The third kappa shape index (κ3) is 2.89. The average Bonchev–Trinajstić information content (AvgIpc) is 2.62. The predicted molar refractivity (Wildman–Crippen MR) is 99.8 cm³/mol. The zero-order chi connectivity index (χ0) is 15.6. The highest BCUT2D eigenvalue weighted by molar-refractivity contribution is 5.96. The fraction of sp³-hybridized carbons (Fsp3) is 0. The van der Waals surface area contributed by atoms with E-state index >= 15 is 0 Å². The van der Waals surface area contributed by atoms with Gasteiger partial charge in [-0.25, -0.2) is 9.37 Å². The summed E-state index contributed by atoms with van der Waals surface area (Å²) in [4.78, 5) is 4.65. The lowest BCUT2D eigenvalue weighted by atomic mass is 9.98. The predicted octanol–water partition coefficient (Wildman–Crippen LogP) is 6.13. The molecule has 0 aliphatic heterocycles. The van der Waals surface area contributed by atoms with Gasteiger partial charge in [0.05, 0.1) is 11.2 Å². The fourth-order valence-corrected chi connectivity index (χ4v) is 2.84. The lowest BCUT2D eigenvalue weighted by Gasteiger charge is -2.10. The van der Waals surface area contributed by atoms with Gasteiger partial charge >= 0.3 is 0 Å². The van der Waals surface area contributed by atoms with Gasteiger partial charge in [-0.3, -0.25) is 0 Å². The standard InChI is InChI=1S/C21H14FN.ClH/c22-19-12-6-4-11-17(19)21-14-18(15-8-2-1-3-9-15)16-10-5-7-13-20(16)23-21;/h1-14H;1H. The molecule has 0 N–H and O–H groups in total. The summed E-state index contributed by atoms with van der Waals surface area (Å²) in [5, 5.41) is 1.07. The molecule has 0 saturated heterocycles. The molecule has 4 rings (SSSR count). The van der Waals surface area contributed by atoms with Gasteiger partial charge in [0.1, 0.15) is 5.82 Å². The third-order valence-electron chi connectivity index (χ3n) is 3.95. The van der Waals surface area contributed by atoms with E-state index in [1.54, 1.807) is 12.1 Å². The van der Waals surface area contributed by atoms with Gasteiger partial charge in [0, 0.05) is 10.9 Å². The topological polar surface area (TPSA) is 12.9 Å². The van der Waals surface area contributed by atoms with Crippen LogP contribution >= 0.6 is 12.4 Å². The SMILES string of the molecule is Cl.Fc1ccccc1-c1cc(-c2ccccc2)c2ccccc2n1. The van der Waals surface area contributed by atoms with Gasteiger partial charge in [0.15, 0.2) is 0 Å². The third-order valence-corrected chi connectivity index (χ3v) is 3.95. The van der Waals surface area contributed by atoms with Gasteiger partial charge < -0.3 is 0 Å². The quantitative estimate of drug-likeness (QED) is 0.429. The highest BCUT2D eigenvalue weighted by atomic mass is 35.5. The van der Waals surface area contributed by atoms with Crippen LogP contribution in [0.4, 0.5) is 4.39 Å². The molecule has 4 aromatic rings. The van der Waals surface area contributed by atoms with Crippen LogP contribution < -0.4 is 0 Å². The van der Waals surface area contributed by atoms with Gasteiger partial charge in [0.2, 0.25) is 0 Å². The van der Waals surface area contributed by atoms with E-state index in [1.165, 1.54) is 6.07 Å². The Bertz CT molecular complexity index is 983. The number of hydrogen-bond acceptors (Lipinski definition) is 1. The monoisotopic (exact) mass is 335 g/mol. The molecule has 0 atom stereocenters. The van der Waals surface area contributed by atoms with Crippen molar-refractivity contribution in [2.75, 3.05) is 0 Å². The Morgan fingerprint density at radius 2 is 1.33 bits per heavy atom. The van der Waals surface area contributed by atoms with Crippen molar-refractivity contribution in [2.45, 2.75) is 0 Å². The number of fused-ring (bicyclic) bond motifs is 1. The minimum atomic E-state index is -0.255. The molecule has 118 valence electrons. The molecule has 0 bridgehead atoms. The van der Waals surface area contributed by atoms with E-state index in [-0.39, 0.29) is 18.2 Å². The van der Waals surface area contributed by atoms with Gasteiger partial charge in [-0.2, -0.15) is 0 Å². The van der Waals surface area contributed by atoms with Crippen LogP contribution in [0.5, 0.6) is 0 Å². The van der Waals surface area contributed by atoms with Crippen LogP contribution in [0.15, 0.2) is 84.9 Å². The second-order valence-corrected chi connectivity index (χ2v) is 5.42. The minimum absolute atomic E-state index is 0. The van der Waals surface area contributed by atoms with Crippen LogP contribution in [-0.4, -0.2) is 4.98 Å². The summed E-state index contributed by atoms with van der Waals surface area (Å²) in [6.07, 6.45) is 0. The van der Waals surface area contributed by atoms with Crippen LogP contribution in [-0.2, 0) is 0 Å². The van der Waals surface area contributed by atoms with Gasteiger partial charge in [-0.15, -0.1) is 12.4 Å². The summed E-state index contributed by atoms with van der Waals surface area (Å²) >= 11 is 0. The smallest absolute Gasteiger partial charge is 0.132 e. The van der Waals surface area contributed by atoms with Gasteiger partial charge in [-0.1, -0.05) is 60.7 Å². The number of halogens is 2. The van der Waals surface area contributed by atoms with Crippen molar-refractivity contribution < 1.29 is 4.39 Å². The maximum Gasteiger partial charge on any atom is 0.132 e. The first kappa shape index (κ1) is 16.2. The number of aromatic nitrogens is 1. The molecule has 1 aromatic heterocycles. The number of rotatable bonds is 2. The highest BCUT2D eigenvalue weighted by Gasteiger charge is 2.11. The molecule has 0 fully saturated rings. The summed E-state index contributed by atoms with van der Waals surface area (Å²) in [5.74, 6) is -0.255. The van der Waals surface area contributed by atoms with Crippen LogP contribution in [0.2, 0.25) is 0 Å². The van der Waals surface area contributed by atoms with E-state index in [1.807, 2.05) is 48.5 Å². The van der Waals surface area contributed by atoms with Crippen molar-refractivity contribution in [3.63, 3.8) is 0 Å².